The summed E-state index contributed by atoms with van der Waals surface area (Å²) in [4.78, 5) is 111. The molecule has 0 aromatic carbocycles. The highest BCUT2D eigenvalue weighted by Gasteiger charge is 2.25. The van der Waals surface area contributed by atoms with Crippen LogP contribution in [0.25, 0.3) is 0 Å². The largest absolute Gasteiger partial charge is 0.481 e. The first-order valence-corrected chi connectivity index (χ1v) is 15.5. The van der Waals surface area contributed by atoms with Crippen molar-refractivity contribution in [1.82, 2.24) is 37.2 Å². The molecule has 0 saturated heterocycles. The summed E-state index contributed by atoms with van der Waals surface area (Å²) in [5, 5.41) is 33.0. The molecule has 0 radical (unpaired) electrons. The highest BCUT2D eigenvalue weighted by molar-refractivity contribution is 7.79. The SMILES string of the molecule is NCC(=O)N[C@@H](CCC(=O)O)C(=O)NCC(=O)NCC(=O)NCC(=O)N[C@@H](CS(=O)O)C(=O)NCC(=O)N[C@@H](CCCN=C(N)N)C(=O)O. The number of aliphatic imine (C=N–C) groups is 1. The molecule has 0 rings (SSSR count). The number of amides is 7. The minimum atomic E-state index is -2.61. The molecule has 16 N–H and O–H groups in total. The van der Waals surface area contributed by atoms with Gasteiger partial charge < -0.3 is 69.2 Å². The van der Waals surface area contributed by atoms with E-state index >= 15 is 0 Å². The van der Waals surface area contributed by atoms with E-state index in [2.05, 4.69) is 42.2 Å². The van der Waals surface area contributed by atoms with Gasteiger partial charge in [-0.3, -0.25) is 43.3 Å². The lowest BCUT2D eigenvalue weighted by Crippen LogP contribution is -2.54. The third-order valence-corrected chi connectivity index (χ3v) is 6.38. The lowest BCUT2D eigenvalue weighted by atomic mass is 10.1. The number of aliphatic carboxylic acids is 2. The van der Waals surface area contributed by atoms with Crippen LogP contribution >= 0.6 is 0 Å². The van der Waals surface area contributed by atoms with Gasteiger partial charge in [0, 0.05) is 13.0 Å². The van der Waals surface area contributed by atoms with Crippen LogP contribution in [0.3, 0.4) is 0 Å². The van der Waals surface area contributed by atoms with Crippen LogP contribution in [0.4, 0.5) is 0 Å². The Hall–Kier alpha value is -5.43. The predicted octanol–water partition coefficient (Wildman–Crippen LogP) is -7.91. The van der Waals surface area contributed by atoms with Gasteiger partial charge in [-0.15, -0.1) is 0 Å². The fraction of sp³-hybridized carbons (Fsp3) is 0.583. The Bertz CT molecular complexity index is 1280. The maximum atomic E-state index is 12.5. The Morgan fingerprint density at radius 2 is 1.12 bits per heavy atom. The molecule has 0 spiro atoms. The van der Waals surface area contributed by atoms with Gasteiger partial charge in [-0.25, -0.2) is 9.00 Å². The molecule has 49 heavy (non-hydrogen) atoms. The third-order valence-electron chi connectivity index (χ3n) is 5.76. The van der Waals surface area contributed by atoms with Crippen molar-refractivity contribution in [1.29, 1.82) is 0 Å². The first-order valence-electron chi connectivity index (χ1n) is 14.2. The molecule has 25 heteroatoms. The van der Waals surface area contributed by atoms with E-state index in [4.69, 9.17) is 22.3 Å². The Morgan fingerprint density at radius 3 is 1.61 bits per heavy atom. The van der Waals surface area contributed by atoms with Gasteiger partial charge in [0.05, 0.1) is 38.5 Å². The third kappa shape index (κ3) is 21.9. The zero-order valence-electron chi connectivity index (χ0n) is 26.0. The molecule has 0 aliphatic rings. The van der Waals surface area contributed by atoms with Crippen LogP contribution in [0.15, 0.2) is 4.99 Å². The van der Waals surface area contributed by atoms with Gasteiger partial charge in [-0.05, 0) is 19.3 Å². The smallest absolute Gasteiger partial charge is 0.326 e. The highest BCUT2D eigenvalue weighted by atomic mass is 32.2. The normalized spacial score (nSPS) is 12.8. The molecule has 24 nitrogen and oxygen atoms in total. The lowest BCUT2D eigenvalue weighted by molar-refractivity contribution is -0.142. The van der Waals surface area contributed by atoms with Crippen LogP contribution in [-0.2, 0) is 54.2 Å². The maximum Gasteiger partial charge on any atom is 0.326 e. The minimum absolute atomic E-state index is 0.0486. The molecular weight excluding hydrogens is 682 g/mol. The molecule has 276 valence electrons. The number of carbonyl (C=O) groups excluding carboxylic acids is 7. The van der Waals surface area contributed by atoms with Gasteiger partial charge in [0.15, 0.2) is 17.0 Å². The van der Waals surface area contributed by atoms with Gasteiger partial charge >= 0.3 is 11.9 Å². The van der Waals surface area contributed by atoms with Crippen LogP contribution in [0.5, 0.6) is 0 Å². The van der Waals surface area contributed by atoms with Crippen molar-refractivity contribution in [3.63, 3.8) is 0 Å². The second-order valence-electron chi connectivity index (χ2n) is 9.76. The number of hydrogen-bond donors (Lipinski definition) is 13. The van der Waals surface area contributed by atoms with Gasteiger partial charge in [-0.2, -0.15) is 0 Å². The number of carbonyl (C=O) groups is 9. The van der Waals surface area contributed by atoms with Crippen molar-refractivity contribution >= 4 is 70.3 Å². The van der Waals surface area contributed by atoms with Crippen molar-refractivity contribution < 1.29 is 62.1 Å². The Kier molecular flexibility index (Phi) is 21.2. The molecule has 0 saturated carbocycles. The molecule has 1 unspecified atom stereocenters. The summed E-state index contributed by atoms with van der Waals surface area (Å²) in [6.45, 7) is -3.24. The number of rotatable bonds is 24. The number of nitrogens with zero attached hydrogens (tertiary/aromatic N) is 1. The average Bonchev–Trinajstić information content (AvgIpc) is 3.02. The number of hydrogen-bond acceptors (Lipinski definition) is 12. The molecule has 0 aliphatic carbocycles. The molecule has 7 amide bonds. The van der Waals surface area contributed by atoms with Crippen molar-refractivity contribution in [3.05, 3.63) is 0 Å². The van der Waals surface area contributed by atoms with Crippen molar-refractivity contribution in [2.45, 2.75) is 43.8 Å². The van der Waals surface area contributed by atoms with Gasteiger partial charge in [-0.1, -0.05) is 0 Å². The van der Waals surface area contributed by atoms with E-state index in [-0.39, 0.29) is 31.8 Å². The molecule has 0 heterocycles. The van der Waals surface area contributed by atoms with E-state index in [1.165, 1.54) is 0 Å². The number of nitrogens with one attached hydrogen (secondary N) is 7. The Balaban J connectivity index is 4.79. The Labute approximate surface area is 280 Å². The molecule has 0 fully saturated rings. The monoisotopic (exact) mass is 723 g/mol. The van der Waals surface area contributed by atoms with Crippen molar-refractivity contribution in [2.75, 3.05) is 45.0 Å². The zero-order chi connectivity index (χ0) is 37.5. The predicted molar refractivity (Wildman–Crippen MR) is 167 cm³/mol. The summed E-state index contributed by atoms with van der Waals surface area (Å²) in [7, 11) is 0. The average molecular weight is 724 g/mol. The fourth-order valence-electron chi connectivity index (χ4n) is 3.43. The summed E-state index contributed by atoms with van der Waals surface area (Å²) in [5.41, 5.74) is 15.5. The summed E-state index contributed by atoms with van der Waals surface area (Å²) in [5.74, 6) is -10.0. The topological polar surface area (TPSA) is 406 Å². The van der Waals surface area contributed by atoms with Crippen molar-refractivity contribution in [3.8, 4) is 0 Å². The van der Waals surface area contributed by atoms with E-state index < -0.39 is 127 Å². The van der Waals surface area contributed by atoms with Crippen LogP contribution < -0.4 is 54.4 Å². The number of carboxylic acid groups (broad SMARTS) is 2. The quantitative estimate of drug-likeness (QED) is 0.0190. The van der Waals surface area contributed by atoms with Gasteiger partial charge in [0.2, 0.25) is 41.4 Å². The summed E-state index contributed by atoms with van der Waals surface area (Å²) < 4.78 is 20.5. The maximum absolute atomic E-state index is 12.5. The fourth-order valence-corrected chi connectivity index (χ4v) is 3.95. The van der Waals surface area contributed by atoms with Crippen molar-refractivity contribution in [2.24, 2.45) is 22.2 Å². The first kappa shape index (κ1) is 43.6. The molecule has 0 aliphatic heterocycles. The summed E-state index contributed by atoms with van der Waals surface area (Å²) in [6.07, 6.45) is -0.605. The molecule has 0 aromatic rings. The molecular formula is C24H41N11O13S. The summed E-state index contributed by atoms with van der Waals surface area (Å²) in [6, 6.07) is -4.30. The van der Waals surface area contributed by atoms with E-state index in [0.717, 1.165) is 0 Å². The minimum Gasteiger partial charge on any atom is -0.481 e. The highest BCUT2D eigenvalue weighted by Crippen LogP contribution is 1.99. The second-order valence-corrected chi connectivity index (χ2v) is 10.7. The van der Waals surface area contributed by atoms with Crippen LogP contribution in [-0.4, -0.2) is 141 Å². The standard InChI is InChI=1S/C24H41N11O13S/c25-6-15(36)33-12(3-4-20(41)42)21(43)31-8-17(38)29-7-16(37)30-9-18(39)35-14(11-49(47)48)22(44)32-10-19(40)34-13(23(45)46)2-1-5-28-24(26)27/h12-14H,1-11,25H2,(H,29,38)(H,30,37)(H,31,43)(H,32,44)(H,33,36)(H,34,40)(H,35,39)(H,41,42)(H,45,46)(H,47,48)(H4,26,27,28)/t12-,13-,14-/m0/s1. The molecule has 0 bridgehead atoms. The number of carboxylic acids is 2. The van der Waals surface area contributed by atoms with E-state index in [0.29, 0.717) is 0 Å². The second kappa shape index (κ2) is 23.8. The van der Waals surface area contributed by atoms with E-state index in [9.17, 15) is 57.0 Å². The number of nitrogens with two attached hydrogens (primary N) is 3. The number of guanidine groups is 1. The first-order chi connectivity index (χ1) is 22.9. The molecule has 4 atom stereocenters. The van der Waals surface area contributed by atoms with Crippen LogP contribution in [0, 0.1) is 0 Å². The lowest BCUT2D eigenvalue weighted by Gasteiger charge is -2.18. The zero-order valence-corrected chi connectivity index (χ0v) is 26.8. The van der Waals surface area contributed by atoms with E-state index in [1.807, 2.05) is 0 Å². The summed E-state index contributed by atoms with van der Waals surface area (Å²) >= 11 is -2.61. The van der Waals surface area contributed by atoms with Gasteiger partial charge in [0.1, 0.15) is 18.1 Å². The Morgan fingerprint density at radius 1 is 0.653 bits per heavy atom. The van der Waals surface area contributed by atoms with Crippen LogP contribution in [0.1, 0.15) is 25.7 Å². The van der Waals surface area contributed by atoms with Gasteiger partial charge in [0.25, 0.3) is 0 Å². The molecule has 0 aromatic heterocycles. The van der Waals surface area contributed by atoms with E-state index in [1.54, 1.807) is 0 Å². The van der Waals surface area contributed by atoms with Crippen LogP contribution in [0.2, 0.25) is 0 Å².